The van der Waals surface area contributed by atoms with Gasteiger partial charge in [-0.1, -0.05) is 77.2 Å². The van der Waals surface area contributed by atoms with Crippen molar-refractivity contribution in [1.82, 2.24) is 4.90 Å². The van der Waals surface area contributed by atoms with Gasteiger partial charge in [0.05, 0.1) is 12.1 Å². The van der Waals surface area contributed by atoms with E-state index in [-0.39, 0.29) is 24.4 Å². The number of carbonyl (C=O) groups excluding carboxylic acids is 2. The van der Waals surface area contributed by atoms with Crippen LogP contribution < -0.4 is 0 Å². The maximum Gasteiger partial charge on any atom is 0.320 e. The number of aliphatic hydroxyl groups is 1. The maximum absolute atomic E-state index is 12.9. The van der Waals surface area contributed by atoms with Crippen LogP contribution in [0.1, 0.15) is 136 Å². The van der Waals surface area contributed by atoms with E-state index >= 15 is 0 Å². The van der Waals surface area contributed by atoms with Gasteiger partial charge in [-0.15, -0.1) is 0 Å². The summed E-state index contributed by atoms with van der Waals surface area (Å²) in [5.74, 6) is -0.173. The van der Waals surface area contributed by atoms with Crippen molar-refractivity contribution in [3.05, 3.63) is 24.3 Å². The summed E-state index contributed by atoms with van der Waals surface area (Å²) in [6.07, 6.45) is 25.9. The van der Waals surface area contributed by atoms with Gasteiger partial charge in [-0.25, -0.2) is 0 Å². The van der Waals surface area contributed by atoms with Gasteiger partial charge in [-0.3, -0.25) is 14.5 Å². The predicted octanol–water partition coefficient (Wildman–Crippen LogP) is 7.43. The Kier molecular flexibility index (Phi) is 13.2. The molecule has 4 fully saturated rings. The molecule has 40 heavy (non-hydrogen) atoms. The van der Waals surface area contributed by atoms with Gasteiger partial charge >= 0.3 is 11.9 Å². The summed E-state index contributed by atoms with van der Waals surface area (Å²) in [6.45, 7) is 8.15. The van der Waals surface area contributed by atoms with E-state index in [2.05, 4.69) is 31.2 Å². The third-order valence-corrected chi connectivity index (χ3v) is 9.18. The fourth-order valence-electron chi connectivity index (χ4n) is 7.72. The zero-order valence-electron chi connectivity index (χ0n) is 25.8. The molecule has 1 N–H and O–H groups in total. The van der Waals surface area contributed by atoms with E-state index in [1.54, 1.807) is 0 Å². The molecule has 0 spiro atoms. The Bertz CT molecular complexity index is 851. The van der Waals surface area contributed by atoms with Gasteiger partial charge in [0, 0.05) is 25.7 Å². The number of ether oxygens (including phenoxy) is 2. The first-order valence-electron chi connectivity index (χ1n) is 16.4. The van der Waals surface area contributed by atoms with Crippen molar-refractivity contribution in [2.75, 3.05) is 19.6 Å². The Hall–Kier alpha value is -1.66. The minimum Gasteiger partial charge on any atom is -0.459 e. The van der Waals surface area contributed by atoms with Gasteiger partial charge in [0.25, 0.3) is 0 Å². The molecule has 0 amide bonds. The Morgan fingerprint density at radius 3 is 1.93 bits per heavy atom. The average molecular weight is 560 g/mol. The number of unbranched alkanes of at least 4 members (excludes halogenated alkanes) is 8. The lowest BCUT2D eigenvalue weighted by molar-refractivity contribution is -0.267. The van der Waals surface area contributed by atoms with Crippen LogP contribution in [-0.2, 0) is 19.1 Å². The number of hydrogen-bond acceptors (Lipinski definition) is 6. The molecule has 0 heterocycles. The smallest absolute Gasteiger partial charge is 0.320 e. The lowest BCUT2D eigenvalue weighted by atomic mass is 9.50. The first-order chi connectivity index (χ1) is 19.2. The first-order valence-corrected chi connectivity index (χ1v) is 16.4. The van der Waals surface area contributed by atoms with Crippen LogP contribution in [0.15, 0.2) is 24.3 Å². The van der Waals surface area contributed by atoms with Crippen LogP contribution in [0.3, 0.4) is 0 Å². The molecule has 0 aromatic heterocycles. The second-order valence-corrected chi connectivity index (χ2v) is 13.0. The lowest BCUT2D eigenvalue weighted by Gasteiger charge is -2.63. The Balaban J connectivity index is 1.33. The fraction of sp³-hybridized carbons (Fsp3) is 0.824. The third kappa shape index (κ3) is 10.3. The van der Waals surface area contributed by atoms with Crippen LogP contribution in [-0.4, -0.2) is 58.4 Å². The van der Waals surface area contributed by atoms with Crippen LogP contribution >= 0.6 is 0 Å². The molecule has 4 aliphatic rings. The Morgan fingerprint density at radius 1 is 0.750 bits per heavy atom. The maximum atomic E-state index is 12.9. The van der Waals surface area contributed by atoms with Crippen LogP contribution in [0.4, 0.5) is 0 Å². The molecule has 4 saturated carbocycles. The SMILES string of the molecule is CCCCC/C=C\C/C=C\CCCCCCCC(=O)OC12CC3CC(O)(C1)CC(OC(=O)CN(CC)CC)(C3)C2. The highest BCUT2D eigenvalue weighted by atomic mass is 16.6. The minimum atomic E-state index is -0.908. The fourth-order valence-corrected chi connectivity index (χ4v) is 7.72. The van der Waals surface area contributed by atoms with E-state index in [1.807, 2.05) is 18.7 Å². The topological polar surface area (TPSA) is 76.1 Å². The normalized spacial score (nSPS) is 29.2. The largest absolute Gasteiger partial charge is 0.459 e. The van der Waals surface area contributed by atoms with E-state index in [4.69, 9.17) is 9.47 Å². The van der Waals surface area contributed by atoms with Crippen molar-refractivity contribution in [3.63, 3.8) is 0 Å². The molecule has 6 heteroatoms. The second kappa shape index (κ2) is 16.1. The Labute approximate surface area is 243 Å². The molecule has 4 rings (SSSR count). The number of rotatable bonds is 20. The lowest BCUT2D eigenvalue weighted by Crippen LogP contribution is -2.68. The van der Waals surface area contributed by atoms with Crippen molar-refractivity contribution in [1.29, 1.82) is 0 Å². The molecule has 0 aromatic carbocycles. The summed E-state index contributed by atoms with van der Waals surface area (Å²) in [5.41, 5.74) is -2.32. The molecule has 0 radical (unpaired) electrons. The van der Waals surface area contributed by atoms with Crippen LogP contribution in [0.5, 0.6) is 0 Å². The van der Waals surface area contributed by atoms with Gasteiger partial charge in [-0.2, -0.15) is 0 Å². The van der Waals surface area contributed by atoms with E-state index in [0.717, 1.165) is 58.0 Å². The molecule has 6 nitrogen and oxygen atoms in total. The predicted molar refractivity (Wildman–Crippen MR) is 161 cm³/mol. The van der Waals surface area contributed by atoms with Crippen molar-refractivity contribution in [2.24, 2.45) is 5.92 Å². The minimum absolute atomic E-state index is 0.166. The van der Waals surface area contributed by atoms with Gasteiger partial charge in [0.2, 0.25) is 0 Å². The molecule has 4 unspecified atom stereocenters. The summed E-state index contributed by atoms with van der Waals surface area (Å²) in [5, 5.41) is 11.3. The molecular weight excluding hydrogens is 502 g/mol. The second-order valence-electron chi connectivity index (χ2n) is 13.0. The number of esters is 2. The van der Waals surface area contributed by atoms with Gasteiger partial charge in [-0.05, 0) is 76.8 Å². The zero-order valence-corrected chi connectivity index (χ0v) is 25.8. The van der Waals surface area contributed by atoms with E-state index in [1.165, 1.54) is 38.5 Å². The van der Waals surface area contributed by atoms with Crippen molar-refractivity contribution in [3.8, 4) is 0 Å². The molecule has 0 saturated heterocycles. The Morgan fingerprint density at radius 2 is 1.32 bits per heavy atom. The molecular formula is C34H57NO5. The number of likely N-dealkylation sites (N-methyl/N-ethyl adjacent to an activating group) is 1. The number of hydrogen-bond donors (Lipinski definition) is 1. The summed E-state index contributed by atoms with van der Waals surface area (Å²) in [7, 11) is 0. The zero-order chi connectivity index (χ0) is 28.9. The molecule has 4 bridgehead atoms. The van der Waals surface area contributed by atoms with E-state index in [9.17, 15) is 14.7 Å². The average Bonchev–Trinajstić information content (AvgIpc) is 2.87. The monoisotopic (exact) mass is 559 g/mol. The molecule has 4 aliphatic carbocycles. The molecule has 4 atom stereocenters. The highest BCUT2D eigenvalue weighted by Gasteiger charge is 2.66. The standard InChI is InChI=1S/C34H57NO5/c1-4-7-8-9-10-11-12-13-14-15-16-17-18-19-20-21-30(36)39-33-23-29-22-32(38,26-33)27-34(24-29,28-33)40-31(37)25-35(5-2)6-3/h10-11,13-14,29,38H,4-9,12,15-28H2,1-3H3/b11-10-,14-13-. The summed E-state index contributed by atoms with van der Waals surface area (Å²) in [4.78, 5) is 27.7. The summed E-state index contributed by atoms with van der Waals surface area (Å²) in [6, 6.07) is 0. The van der Waals surface area contributed by atoms with Crippen molar-refractivity contribution >= 4 is 11.9 Å². The van der Waals surface area contributed by atoms with E-state index in [0.29, 0.717) is 32.1 Å². The van der Waals surface area contributed by atoms with Crippen LogP contribution in [0, 0.1) is 5.92 Å². The van der Waals surface area contributed by atoms with Gasteiger partial charge in [0.1, 0.15) is 11.2 Å². The van der Waals surface area contributed by atoms with Gasteiger partial charge < -0.3 is 14.6 Å². The molecule has 0 aromatic rings. The first kappa shape index (κ1) is 32.8. The van der Waals surface area contributed by atoms with E-state index < -0.39 is 16.8 Å². The quantitative estimate of drug-likeness (QED) is 0.0949. The van der Waals surface area contributed by atoms with Crippen LogP contribution in [0.2, 0.25) is 0 Å². The third-order valence-electron chi connectivity index (χ3n) is 9.18. The van der Waals surface area contributed by atoms with Gasteiger partial charge in [0.15, 0.2) is 0 Å². The highest BCUT2D eigenvalue weighted by Crippen LogP contribution is 2.61. The van der Waals surface area contributed by atoms with Crippen LogP contribution in [0.25, 0.3) is 0 Å². The molecule has 0 aliphatic heterocycles. The summed E-state index contributed by atoms with van der Waals surface area (Å²) < 4.78 is 12.3. The number of allylic oxidation sites excluding steroid dienone is 4. The molecule has 228 valence electrons. The number of nitrogens with zero attached hydrogens (tertiary/aromatic N) is 1. The van der Waals surface area contributed by atoms with Crippen molar-refractivity contribution < 1.29 is 24.2 Å². The summed E-state index contributed by atoms with van der Waals surface area (Å²) >= 11 is 0. The highest BCUT2D eigenvalue weighted by molar-refractivity contribution is 5.72. The number of carbonyl (C=O) groups is 2. The van der Waals surface area contributed by atoms with Crippen molar-refractivity contribution in [2.45, 2.75) is 153 Å².